The van der Waals surface area contributed by atoms with Crippen molar-refractivity contribution < 1.29 is 4.79 Å². The topological polar surface area (TPSA) is 20.3 Å². The molecule has 0 unspecified atom stereocenters. The van der Waals surface area contributed by atoms with Crippen LogP contribution in [0.1, 0.15) is 32.6 Å². The Morgan fingerprint density at radius 3 is 2.33 bits per heavy atom. The summed E-state index contributed by atoms with van der Waals surface area (Å²) in [5, 5.41) is 0. The van der Waals surface area contributed by atoms with Crippen LogP contribution in [0.3, 0.4) is 0 Å². The predicted octanol–water partition coefficient (Wildman–Crippen LogP) is 1.70. The van der Waals surface area contributed by atoms with Gasteiger partial charge in [-0.05, 0) is 39.3 Å². The second-order valence-corrected chi connectivity index (χ2v) is 3.78. The zero-order chi connectivity index (χ0) is 8.97. The summed E-state index contributed by atoms with van der Waals surface area (Å²) in [7, 11) is 2.17. The number of aldehydes is 1. The molecule has 70 valence electrons. The highest BCUT2D eigenvalue weighted by Gasteiger charge is 2.22. The molecule has 0 amide bonds. The first-order valence-corrected chi connectivity index (χ1v) is 4.93. The molecular formula is C10H19NO. The molecule has 1 aliphatic carbocycles. The molecule has 2 heteroatoms. The third kappa shape index (κ3) is 2.31. The Morgan fingerprint density at radius 1 is 1.33 bits per heavy atom. The van der Waals surface area contributed by atoms with Gasteiger partial charge in [-0.1, -0.05) is 6.92 Å². The molecule has 2 nitrogen and oxygen atoms in total. The van der Waals surface area contributed by atoms with Gasteiger partial charge in [-0.25, -0.2) is 0 Å². The molecule has 0 spiro atoms. The highest BCUT2D eigenvalue weighted by molar-refractivity contribution is 5.53. The van der Waals surface area contributed by atoms with Crippen LogP contribution in [0, 0.1) is 5.92 Å². The number of nitrogens with zero attached hydrogens (tertiary/aromatic N) is 1. The van der Waals surface area contributed by atoms with Crippen LogP contribution in [0.15, 0.2) is 0 Å². The van der Waals surface area contributed by atoms with Gasteiger partial charge in [-0.3, -0.25) is 0 Å². The zero-order valence-corrected chi connectivity index (χ0v) is 8.12. The average molecular weight is 169 g/mol. The van der Waals surface area contributed by atoms with E-state index in [1.54, 1.807) is 0 Å². The quantitative estimate of drug-likeness (QED) is 0.599. The van der Waals surface area contributed by atoms with Crippen LogP contribution >= 0.6 is 0 Å². The van der Waals surface area contributed by atoms with Gasteiger partial charge < -0.3 is 9.69 Å². The van der Waals surface area contributed by atoms with Crippen molar-refractivity contribution in [3.05, 3.63) is 0 Å². The van der Waals surface area contributed by atoms with Crippen LogP contribution in [0.25, 0.3) is 0 Å². The van der Waals surface area contributed by atoms with Crippen molar-refractivity contribution in [2.75, 3.05) is 13.6 Å². The summed E-state index contributed by atoms with van der Waals surface area (Å²) in [6, 6.07) is 0.728. The lowest BCUT2D eigenvalue weighted by Crippen LogP contribution is -2.35. The number of rotatable bonds is 3. The van der Waals surface area contributed by atoms with E-state index in [1.165, 1.54) is 12.8 Å². The fraction of sp³-hybridized carbons (Fsp3) is 0.900. The van der Waals surface area contributed by atoms with E-state index in [0.717, 1.165) is 31.7 Å². The molecule has 0 atom stereocenters. The van der Waals surface area contributed by atoms with Gasteiger partial charge in [-0.2, -0.15) is 0 Å². The summed E-state index contributed by atoms with van der Waals surface area (Å²) in [4.78, 5) is 12.9. The standard InChI is InChI=1S/C10H19NO/c1-3-11(2)10-6-4-9(8-12)5-7-10/h8-10H,3-7H2,1-2H3. The third-order valence-corrected chi connectivity index (χ3v) is 3.06. The maximum absolute atomic E-state index is 10.5. The van der Waals surface area contributed by atoms with E-state index in [4.69, 9.17) is 0 Å². The number of carbonyl (C=O) groups excluding carboxylic acids is 1. The fourth-order valence-corrected chi connectivity index (χ4v) is 1.94. The van der Waals surface area contributed by atoms with Crippen LogP contribution in [-0.2, 0) is 4.79 Å². The van der Waals surface area contributed by atoms with E-state index < -0.39 is 0 Å². The first kappa shape index (κ1) is 9.72. The Bertz CT molecular complexity index is 139. The lowest BCUT2D eigenvalue weighted by atomic mass is 9.86. The van der Waals surface area contributed by atoms with Gasteiger partial charge in [0.15, 0.2) is 0 Å². The van der Waals surface area contributed by atoms with Gasteiger partial charge in [0, 0.05) is 12.0 Å². The van der Waals surface area contributed by atoms with Crippen LogP contribution in [0.2, 0.25) is 0 Å². The Kier molecular flexibility index (Phi) is 3.73. The summed E-state index contributed by atoms with van der Waals surface area (Å²) in [5.41, 5.74) is 0. The smallest absolute Gasteiger partial charge is 0.123 e. The normalized spacial score (nSPS) is 30.6. The SMILES string of the molecule is CCN(C)C1CCC(C=O)CC1. The van der Waals surface area contributed by atoms with Crippen molar-refractivity contribution in [1.29, 1.82) is 0 Å². The van der Waals surface area contributed by atoms with Crippen molar-refractivity contribution in [3.63, 3.8) is 0 Å². The molecule has 0 bridgehead atoms. The molecule has 0 aromatic heterocycles. The molecule has 1 saturated carbocycles. The highest BCUT2D eigenvalue weighted by Crippen LogP contribution is 2.25. The van der Waals surface area contributed by atoms with Gasteiger partial charge >= 0.3 is 0 Å². The molecule has 0 aromatic carbocycles. The molecule has 12 heavy (non-hydrogen) atoms. The van der Waals surface area contributed by atoms with E-state index in [2.05, 4.69) is 18.9 Å². The summed E-state index contributed by atoms with van der Waals surface area (Å²) >= 11 is 0. The number of hydrogen-bond acceptors (Lipinski definition) is 2. The molecule has 0 saturated heterocycles. The lowest BCUT2D eigenvalue weighted by molar-refractivity contribution is -0.112. The third-order valence-electron chi connectivity index (χ3n) is 3.06. The molecule has 0 N–H and O–H groups in total. The molecule has 0 aromatic rings. The van der Waals surface area contributed by atoms with Gasteiger partial charge in [0.05, 0.1) is 0 Å². The average Bonchev–Trinajstić information content (AvgIpc) is 2.17. The summed E-state index contributed by atoms with van der Waals surface area (Å²) < 4.78 is 0. The van der Waals surface area contributed by atoms with E-state index in [9.17, 15) is 4.79 Å². The summed E-state index contributed by atoms with van der Waals surface area (Å²) in [6.07, 6.45) is 5.72. The fourth-order valence-electron chi connectivity index (χ4n) is 1.94. The zero-order valence-electron chi connectivity index (χ0n) is 8.12. The van der Waals surface area contributed by atoms with Gasteiger partial charge in [-0.15, -0.1) is 0 Å². The van der Waals surface area contributed by atoms with Gasteiger partial charge in [0.25, 0.3) is 0 Å². The van der Waals surface area contributed by atoms with E-state index in [1.807, 2.05) is 0 Å². The minimum Gasteiger partial charge on any atom is -0.304 e. The van der Waals surface area contributed by atoms with Crippen molar-refractivity contribution in [1.82, 2.24) is 4.90 Å². The van der Waals surface area contributed by atoms with Crippen molar-refractivity contribution in [2.24, 2.45) is 5.92 Å². The maximum Gasteiger partial charge on any atom is 0.123 e. The first-order chi connectivity index (χ1) is 5.77. The molecule has 0 heterocycles. The second-order valence-electron chi connectivity index (χ2n) is 3.78. The summed E-state index contributed by atoms with van der Waals surface area (Å²) in [6.45, 7) is 3.31. The Hall–Kier alpha value is -0.370. The number of hydrogen-bond donors (Lipinski definition) is 0. The lowest BCUT2D eigenvalue weighted by Gasteiger charge is -2.32. The molecule has 1 rings (SSSR count). The second kappa shape index (κ2) is 4.61. The van der Waals surface area contributed by atoms with E-state index >= 15 is 0 Å². The Balaban J connectivity index is 2.30. The highest BCUT2D eigenvalue weighted by atomic mass is 16.1. The maximum atomic E-state index is 10.5. The molecule has 0 radical (unpaired) electrons. The van der Waals surface area contributed by atoms with Crippen molar-refractivity contribution in [2.45, 2.75) is 38.6 Å². The van der Waals surface area contributed by atoms with E-state index in [-0.39, 0.29) is 0 Å². The Morgan fingerprint density at radius 2 is 1.92 bits per heavy atom. The Labute approximate surface area is 74.9 Å². The van der Waals surface area contributed by atoms with Crippen LogP contribution < -0.4 is 0 Å². The van der Waals surface area contributed by atoms with Crippen molar-refractivity contribution in [3.8, 4) is 0 Å². The largest absolute Gasteiger partial charge is 0.304 e. The molecular weight excluding hydrogens is 150 g/mol. The minimum absolute atomic E-state index is 0.353. The predicted molar refractivity (Wildman–Crippen MR) is 50.1 cm³/mol. The molecule has 1 fully saturated rings. The van der Waals surface area contributed by atoms with Crippen LogP contribution in [0.5, 0.6) is 0 Å². The molecule has 0 aliphatic heterocycles. The first-order valence-electron chi connectivity index (χ1n) is 4.93. The van der Waals surface area contributed by atoms with Crippen LogP contribution in [-0.4, -0.2) is 30.8 Å². The molecule has 1 aliphatic rings. The van der Waals surface area contributed by atoms with Crippen LogP contribution in [0.4, 0.5) is 0 Å². The summed E-state index contributed by atoms with van der Waals surface area (Å²) in [5.74, 6) is 0.353. The minimum atomic E-state index is 0.353. The monoisotopic (exact) mass is 169 g/mol. The van der Waals surface area contributed by atoms with Crippen molar-refractivity contribution >= 4 is 6.29 Å². The van der Waals surface area contributed by atoms with Gasteiger partial charge in [0.1, 0.15) is 6.29 Å². The van der Waals surface area contributed by atoms with E-state index in [0.29, 0.717) is 5.92 Å². The number of carbonyl (C=O) groups is 1. The van der Waals surface area contributed by atoms with Gasteiger partial charge in [0.2, 0.25) is 0 Å².